The first-order chi connectivity index (χ1) is 15.5. The van der Waals surface area contributed by atoms with Crippen LogP contribution in [0.5, 0.6) is 0 Å². The van der Waals surface area contributed by atoms with Gasteiger partial charge in [-0.1, -0.05) is 11.6 Å². The van der Waals surface area contributed by atoms with Crippen molar-refractivity contribution >= 4 is 28.6 Å². The summed E-state index contributed by atoms with van der Waals surface area (Å²) in [4.78, 5) is 24.6. The molecule has 0 radical (unpaired) electrons. The lowest BCUT2D eigenvalue weighted by Crippen LogP contribution is -2.39. The van der Waals surface area contributed by atoms with Gasteiger partial charge in [0.15, 0.2) is 5.65 Å². The highest BCUT2D eigenvalue weighted by atomic mass is 35.5. The molecule has 0 unspecified atom stereocenters. The minimum atomic E-state index is -0.444. The van der Waals surface area contributed by atoms with Crippen molar-refractivity contribution in [3.05, 3.63) is 70.6 Å². The Kier molecular flexibility index (Phi) is 5.40. The fourth-order valence-electron chi connectivity index (χ4n) is 3.72. The first-order valence-electron chi connectivity index (χ1n) is 10.2. The van der Waals surface area contributed by atoms with E-state index < -0.39 is 5.82 Å². The van der Waals surface area contributed by atoms with Crippen LogP contribution in [0.1, 0.15) is 23.2 Å². The van der Waals surface area contributed by atoms with Crippen LogP contribution in [0.2, 0.25) is 5.02 Å². The zero-order valence-corrected chi connectivity index (χ0v) is 18.3. The number of hydrogen-bond acceptors (Lipinski definition) is 7. The second-order valence-electron chi connectivity index (χ2n) is 7.69. The van der Waals surface area contributed by atoms with E-state index in [4.69, 9.17) is 26.3 Å². The monoisotopic (exact) mass is 450 g/mol. The molecule has 1 fully saturated rings. The number of halogens is 2. The Balaban J connectivity index is 1.58. The molecule has 162 valence electrons. The number of nitrogens with zero attached hydrogens (tertiary/aromatic N) is 6. The van der Waals surface area contributed by atoms with Crippen LogP contribution < -0.4 is 4.90 Å². The summed E-state index contributed by atoms with van der Waals surface area (Å²) in [5.41, 5.74) is 3.06. The van der Waals surface area contributed by atoms with E-state index in [1.807, 2.05) is 30.9 Å². The molecule has 0 spiro atoms. The molecular formula is C23H20ClFN6O. The molecule has 0 amide bonds. The SMILES string of the molecule is Cc1ccc2c(-c3ccc(Cl)cc3F)nc(N3CCO[C@@H](c4cnc(C)nc4)C3)nc2n1. The standard InChI is InChI=1S/C23H20ClFN6O/c1-13-3-5-18-21(17-6-4-16(24)9-19(17)25)29-23(30-22(18)28-13)31-7-8-32-20(12-31)15-10-26-14(2)27-11-15/h3-6,9-11,20H,7-8,12H2,1-2H3/t20-/m1/s1. The van der Waals surface area contributed by atoms with Crippen molar-refractivity contribution in [2.75, 3.05) is 24.6 Å². The highest BCUT2D eigenvalue weighted by molar-refractivity contribution is 6.30. The third kappa shape index (κ3) is 3.99. The van der Waals surface area contributed by atoms with Crippen molar-refractivity contribution in [3.8, 4) is 11.3 Å². The fraction of sp³-hybridized carbons (Fsp3) is 0.261. The molecule has 1 aromatic carbocycles. The van der Waals surface area contributed by atoms with Crippen LogP contribution in [0, 0.1) is 19.7 Å². The lowest BCUT2D eigenvalue weighted by Gasteiger charge is -2.33. The molecule has 1 aliphatic rings. The Morgan fingerprint density at radius 3 is 2.66 bits per heavy atom. The second kappa shape index (κ2) is 8.37. The third-order valence-electron chi connectivity index (χ3n) is 5.40. The average molecular weight is 451 g/mol. The molecule has 1 saturated heterocycles. The average Bonchev–Trinajstić information content (AvgIpc) is 2.79. The minimum Gasteiger partial charge on any atom is -0.370 e. The summed E-state index contributed by atoms with van der Waals surface area (Å²) in [6.07, 6.45) is 3.33. The van der Waals surface area contributed by atoms with Gasteiger partial charge in [0.1, 0.15) is 17.7 Å². The number of rotatable bonds is 3. The highest BCUT2D eigenvalue weighted by Gasteiger charge is 2.26. The van der Waals surface area contributed by atoms with Gasteiger partial charge >= 0.3 is 0 Å². The largest absolute Gasteiger partial charge is 0.370 e. The Labute approximate surface area is 189 Å². The maximum Gasteiger partial charge on any atom is 0.228 e. The number of morpholine rings is 1. The molecule has 4 heterocycles. The topological polar surface area (TPSA) is 76.9 Å². The van der Waals surface area contributed by atoms with Gasteiger partial charge in [-0.3, -0.25) is 0 Å². The lowest BCUT2D eigenvalue weighted by atomic mass is 10.1. The van der Waals surface area contributed by atoms with Crippen LogP contribution >= 0.6 is 11.6 Å². The molecule has 1 aliphatic heterocycles. The molecule has 3 aromatic heterocycles. The quantitative estimate of drug-likeness (QED) is 0.455. The summed E-state index contributed by atoms with van der Waals surface area (Å²) in [5, 5.41) is 1.01. The molecule has 1 atom stereocenters. The van der Waals surface area contributed by atoms with E-state index in [1.54, 1.807) is 24.5 Å². The third-order valence-corrected chi connectivity index (χ3v) is 5.63. The predicted molar refractivity (Wildman–Crippen MR) is 120 cm³/mol. The number of aryl methyl sites for hydroxylation is 2. The Hall–Kier alpha value is -3.23. The summed E-state index contributed by atoms with van der Waals surface area (Å²) in [7, 11) is 0. The molecule has 9 heteroatoms. The number of aromatic nitrogens is 5. The smallest absolute Gasteiger partial charge is 0.228 e. The van der Waals surface area contributed by atoms with E-state index in [2.05, 4.69) is 15.0 Å². The first kappa shape index (κ1) is 20.7. The summed E-state index contributed by atoms with van der Waals surface area (Å²) in [6.45, 7) is 5.35. The van der Waals surface area contributed by atoms with Crippen molar-refractivity contribution < 1.29 is 9.13 Å². The van der Waals surface area contributed by atoms with Crippen molar-refractivity contribution in [2.45, 2.75) is 20.0 Å². The van der Waals surface area contributed by atoms with Gasteiger partial charge in [0.05, 0.1) is 18.8 Å². The van der Waals surface area contributed by atoms with Crippen LogP contribution in [-0.2, 0) is 4.74 Å². The van der Waals surface area contributed by atoms with Gasteiger partial charge in [0.25, 0.3) is 0 Å². The van der Waals surface area contributed by atoms with Crippen molar-refractivity contribution in [3.63, 3.8) is 0 Å². The fourth-order valence-corrected chi connectivity index (χ4v) is 3.88. The molecule has 5 rings (SSSR count). The van der Waals surface area contributed by atoms with E-state index in [1.165, 1.54) is 6.07 Å². The summed E-state index contributed by atoms with van der Waals surface area (Å²) >= 11 is 5.96. The van der Waals surface area contributed by atoms with Crippen LogP contribution in [0.3, 0.4) is 0 Å². The molecule has 0 N–H and O–H groups in total. The number of hydrogen-bond donors (Lipinski definition) is 0. The zero-order chi connectivity index (χ0) is 22.2. The van der Waals surface area contributed by atoms with Gasteiger partial charge in [0.2, 0.25) is 5.95 Å². The van der Waals surface area contributed by atoms with Gasteiger partial charge in [-0.25, -0.2) is 24.3 Å². The van der Waals surface area contributed by atoms with Gasteiger partial charge in [-0.2, -0.15) is 4.98 Å². The van der Waals surface area contributed by atoms with Crippen LogP contribution in [0.15, 0.2) is 42.7 Å². The number of fused-ring (bicyclic) bond motifs is 1. The van der Waals surface area contributed by atoms with Crippen LogP contribution in [-0.4, -0.2) is 44.6 Å². The molecule has 0 bridgehead atoms. The van der Waals surface area contributed by atoms with Gasteiger partial charge < -0.3 is 9.64 Å². The van der Waals surface area contributed by atoms with Crippen molar-refractivity contribution in [1.82, 2.24) is 24.9 Å². The number of benzene rings is 1. The van der Waals surface area contributed by atoms with E-state index in [0.29, 0.717) is 58.8 Å². The van der Waals surface area contributed by atoms with Crippen LogP contribution in [0.25, 0.3) is 22.3 Å². The van der Waals surface area contributed by atoms with E-state index in [9.17, 15) is 4.39 Å². The summed E-state index contributed by atoms with van der Waals surface area (Å²) < 4.78 is 20.8. The Bertz CT molecular complexity index is 1300. The van der Waals surface area contributed by atoms with Gasteiger partial charge in [0, 0.05) is 46.2 Å². The number of pyridine rings is 1. The lowest BCUT2D eigenvalue weighted by molar-refractivity contribution is 0.0388. The second-order valence-corrected chi connectivity index (χ2v) is 8.13. The maximum atomic E-state index is 14.8. The zero-order valence-electron chi connectivity index (χ0n) is 17.6. The molecule has 32 heavy (non-hydrogen) atoms. The summed E-state index contributed by atoms with van der Waals surface area (Å²) in [6, 6.07) is 8.31. The van der Waals surface area contributed by atoms with Gasteiger partial charge in [-0.05, 0) is 44.2 Å². The van der Waals surface area contributed by atoms with Gasteiger partial charge in [-0.15, -0.1) is 0 Å². The molecule has 0 saturated carbocycles. The Morgan fingerprint density at radius 2 is 1.88 bits per heavy atom. The molecule has 4 aromatic rings. The van der Waals surface area contributed by atoms with Crippen LogP contribution in [0.4, 0.5) is 10.3 Å². The van der Waals surface area contributed by atoms with E-state index in [-0.39, 0.29) is 6.10 Å². The molecule has 0 aliphatic carbocycles. The number of anilines is 1. The van der Waals surface area contributed by atoms with E-state index >= 15 is 0 Å². The molecule has 7 nitrogen and oxygen atoms in total. The minimum absolute atomic E-state index is 0.218. The Morgan fingerprint density at radius 1 is 1.06 bits per heavy atom. The maximum absolute atomic E-state index is 14.8. The normalized spacial score (nSPS) is 16.5. The molecular weight excluding hydrogens is 431 g/mol. The van der Waals surface area contributed by atoms with Crippen molar-refractivity contribution in [1.29, 1.82) is 0 Å². The van der Waals surface area contributed by atoms with Crippen molar-refractivity contribution in [2.24, 2.45) is 0 Å². The first-order valence-corrected chi connectivity index (χ1v) is 10.6. The van der Waals surface area contributed by atoms with E-state index in [0.717, 1.165) is 11.3 Å². The summed E-state index contributed by atoms with van der Waals surface area (Å²) in [5.74, 6) is 0.734. The number of ether oxygens (including phenoxy) is 1. The predicted octanol–water partition coefficient (Wildman–Crippen LogP) is 4.47. The highest BCUT2D eigenvalue weighted by Crippen LogP contribution is 2.32.